The van der Waals surface area contributed by atoms with Crippen molar-refractivity contribution in [3.63, 3.8) is 0 Å². The van der Waals surface area contributed by atoms with Gasteiger partial charge in [-0.15, -0.1) is 0 Å². The molecule has 1 aliphatic rings. The molecule has 0 fully saturated rings. The van der Waals surface area contributed by atoms with Crippen molar-refractivity contribution >= 4 is 5.91 Å². The Kier molecular flexibility index (Phi) is 5.10. The molecule has 2 atom stereocenters. The van der Waals surface area contributed by atoms with Crippen LogP contribution in [-0.4, -0.2) is 33.7 Å². The first-order valence-corrected chi connectivity index (χ1v) is 8.94. The highest BCUT2D eigenvalue weighted by Crippen LogP contribution is 2.32. The van der Waals surface area contributed by atoms with Crippen molar-refractivity contribution in [2.75, 3.05) is 7.05 Å². The number of fused-ring (bicyclic) bond motifs is 1. The Balaban J connectivity index is 1.88. The van der Waals surface area contributed by atoms with Crippen molar-refractivity contribution in [3.8, 4) is 6.07 Å². The molecule has 1 aromatic heterocycles. The number of hydrogen-bond donors (Lipinski definition) is 0. The summed E-state index contributed by atoms with van der Waals surface area (Å²) in [6, 6.07) is 9.41. The third-order valence-electron chi connectivity index (χ3n) is 4.75. The summed E-state index contributed by atoms with van der Waals surface area (Å²) < 4.78 is 7.65. The Hall–Kier alpha value is -2.65. The first kappa shape index (κ1) is 18.2. The van der Waals surface area contributed by atoms with Gasteiger partial charge in [-0.1, -0.05) is 12.1 Å². The number of benzene rings is 1. The van der Waals surface area contributed by atoms with Crippen LogP contribution in [0.4, 0.5) is 0 Å². The van der Waals surface area contributed by atoms with Crippen LogP contribution in [0, 0.1) is 11.3 Å². The zero-order chi connectivity index (χ0) is 18.8. The molecule has 1 amide bonds. The lowest BCUT2D eigenvalue weighted by Crippen LogP contribution is -2.30. The van der Waals surface area contributed by atoms with Crippen LogP contribution in [0.3, 0.4) is 0 Å². The van der Waals surface area contributed by atoms with E-state index in [-0.39, 0.29) is 18.1 Å². The van der Waals surface area contributed by atoms with E-state index in [2.05, 4.69) is 11.2 Å². The predicted octanol–water partition coefficient (Wildman–Crippen LogP) is 3.07. The lowest BCUT2D eigenvalue weighted by Gasteiger charge is -2.25. The fraction of sp³-hybridized carbons (Fsp3) is 0.450. The minimum atomic E-state index is -0.100. The van der Waals surface area contributed by atoms with Crippen molar-refractivity contribution in [3.05, 3.63) is 52.3 Å². The number of aromatic nitrogens is 2. The number of carbonyl (C=O) groups is 1. The second-order valence-electron chi connectivity index (χ2n) is 6.79. The van der Waals surface area contributed by atoms with Gasteiger partial charge in [0.2, 0.25) is 0 Å². The molecule has 0 radical (unpaired) electrons. The van der Waals surface area contributed by atoms with Crippen molar-refractivity contribution in [2.45, 2.75) is 52.5 Å². The Bertz CT molecular complexity index is 848. The molecule has 0 saturated heterocycles. The van der Waals surface area contributed by atoms with Gasteiger partial charge in [0.1, 0.15) is 5.69 Å². The third kappa shape index (κ3) is 3.35. The van der Waals surface area contributed by atoms with Gasteiger partial charge in [-0.05, 0) is 38.5 Å². The number of ether oxygens (including phenoxy) is 1. The molecule has 6 nitrogen and oxygen atoms in total. The molecule has 2 aromatic rings. The Labute approximate surface area is 154 Å². The van der Waals surface area contributed by atoms with E-state index in [1.54, 1.807) is 28.8 Å². The lowest BCUT2D eigenvalue weighted by molar-refractivity contribution is -0.00715. The van der Waals surface area contributed by atoms with E-state index in [0.717, 1.165) is 16.8 Å². The summed E-state index contributed by atoms with van der Waals surface area (Å²) in [5.74, 6) is -0.0359. The quantitative estimate of drug-likeness (QED) is 0.848. The molecule has 2 heterocycles. The fourth-order valence-corrected chi connectivity index (χ4v) is 3.47. The molecular weight excluding hydrogens is 328 g/mol. The van der Waals surface area contributed by atoms with Gasteiger partial charge in [-0.3, -0.25) is 9.48 Å². The molecule has 0 bridgehead atoms. The van der Waals surface area contributed by atoms with E-state index in [1.165, 1.54) is 0 Å². The summed E-state index contributed by atoms with van der Waals surface area (Å²) in [6.07, 6.45) is 0.671. The third-order valence-corrected chi connectivity index (χ3v) is 4.75. The summed E-state index contributed by atoms with van der Waals surface area (Å²) in [4.78, 5) is 14.9. The first-order valence-electron chi connectivity index (χ1n) is 8.94. The van der Waals surface area contributed by atoms with Crippen LogP contribution in [0.25, 0.3) is 0 Å². The number of hydrogen-bond acceptors (Lipinski definition) is 4. The summed E-state index contributed by atoms with van der Waals surface area (Å²) in [6.45, 7) is 7.12. The number of carbonyl (C=O) groups excluding carboxylic acids is 1. The van der Waals surface area contributed by atoms with Crippen LogP contribution in [0.5, 0.6) is 0 Å². The van der Waals surface area contributed by atoms with E-state index in [9.17, 15) is 4.79 Å². The van der Waals surface area contributed by atoms with Crippen molar-refractivity contribution in [1.82, 2.24) is 14.7 Å². The molecular formula is C20H24N4O2. The van der Waals surface area contributed by atoms with Gasteiger partial charge in [0.25, 0.3) is 5.91 Å². The standard InChI is InChI=1S/C20H24N4O2/c1-5-24-19(17-10-13(2)26-14(3)18(17)22-24)20(25)23(4)12-16-8-6-15(11-21)7-9-16/h6-9,13-14H,5,10,12H2,1-4H3/t13-,14+/m0/s1. The van der Waals surface area contributed by atoms with E-state index in [4.69, 9.17) is 10.00 Å². The van der Waals surface area contributed by atoms with E-state index in [1.807, 2.05) is 32.9 Å². The minimum absolute atomic E-state index is 0.0359. The van der Waals surface area contributed by atoms with E-state index >= 15 is 0 Å². The Morgan fingerprint density at radius 3 is 2.69 bits per heavy atom. The fourth-order valence-electron chi connectivity index (χ4n) is 3.47. The molecule has 0 saturated carbocycles. The Morgan fingerprint density at radius 1 is 1.38 bits per heavy atom. The maximum absolute atomic E-state index is 13.2. The van der Waals surface area contributed by atoms with Crippen LogP contribution in [-0.2, 0) is 24.2 Å². The second-order valence-corrected chi connectivity index (χ2v) is 6.79. The van der Waals surface area contributed by atoms with E-state index < -0.39 is 0 Å². The van der Waals surface area contributed by atoms with Crippen LogP contribution in [0.1, 0.15) is 59.7 Å². The molecule has 136 valence electrons. The number of aryl methyl sites for hydroxylation is 1. The normalized spacial score (nSPS) is 18.9. The van der Waals surface area contributed by atoms with Gasteiger partial charge in [0, 0.05) is 32.1 Å². The maximum Gasteiger partial charge on any atom is 0.272 e. The second kappa shape index (κ2) is 7.30. The molecule has 6 heteroatoms. The summed E-state index contributed by atoms with van der Waals surface area (Å²) >= 11 is 0. The highest BCUT2D eigenvalue weighted by molar-refractivity contribution is 5.94. The Morgan fingerprint density at radius 2 is 2.08 bits per heavy atom. The summed E-state index contributed by atoms with van der Waals surface area (Å²) in [7, 11) is 1.80. The lowest BCUT2D eigenvalue weighted by atomic mass is 9.99. The molecule has 0 aliphatic carbocycles. The minimum Gasteiger partial charge on any atom is -0.369 e. The average Bonchev–Trinajstić information content (AvgIpc) is 3.00. The zero-order valence-corrected chi connectivity index (χ0v) is 15.7. The van der Waals surface area contributed by atoms with Gasteiger partial charge in [-0.2, -0.15) is 10.4 Å². The van der Waals surface area contributed by atoms with Crippen LogP contribution in [0.15, 0.2) is 24.3 Å². The molecule has 0 N–H and O–H groups in total. The van der Waals surface area contributed by atoms with Gasteiger partial charge < -0.3 is 9.64 Å². The maximum atomic E-state index is 13.2. The molecule has 1 aromatic carbocycles. The molecule has 1 aliphatic heterocycles. The molecule has 0 unspecified atom stereocenters. The van der Waals surface area contributed by atoms with Crippen molar-refractivity contribution < 1.29 is 9.53 Å². The predicted molar refractivity (Wildman–Crippen MR) is 97.5 cm³/mol. The smallest absolute Gasteiger partial charge is 0.272 e. The largest absolute Gasteiger partial charge is 0.369 e. The topological polar surface area (TPSA) is 71.2 Å². The molecule has 0 spiro atoms. The van der Waals surface area contributed by atoms with Gasteiger partial charge in [0.05, 0.1) is 29.5 Å². The van der Waals surface area contributed by atoms with Crippen LogP contribution < -0.4 is 0 Å². The zero-order valence-electron chi connectivity index (χ0n) is 15.7. The van der Waals surface area contributed by atoms with Gasteiger partial charge >= 0.3 is 0 Å². The monoisotopic (exact) mass is 352 g/mol. The number of nitriles is 1. The first-order chi connectivity index (χ1) is 12.4. The average molecular weight is 352 g/mol. The van der Waals surface area contributed by atoms with Crippen LogP contribution >= 0.6 is 0 Å². The molecule has 26 heavy (non-hydrogen) atoms. The number of rotatable bonds is 4. The van der Waals surface area contributed by atoms with E-state index in [0.29, 0.717) is 30.8 Å². The van der Waals surface area contributed by atoms with Gasteiger partial charge in [-0.25, -0.2) is 0 Å². The highest BCUT2D eigenvalue weighted by Gasteiger charge is 2.32. The summed E-state index contributed by atoms with van der Waals surface area (Å²) in [5, 5.41) is 13.5. The highest BCUT2D eigenvalue weighted by atomic mass is 16.5. The van der Waals surface area contributed by atoms with Crippen molar-refractivity contribution in [2.24, 2.45) is 0 Å². The number of nitrogens with zero attached hydrogens (tertiary/aromatic N) is 4. The van der Waals surface area contributed by atoms with Gasteiger partial charge in [0.15, 0.2) is 0 Å². The van der Waals surface area contributed by atoms with Crippen molar-refractivity contribution in [1.29, 1.82) is 5.26 Å². The molecule has 3 rings (SSSR count). The summed E-state index contributed by atoms with van der Waals surface area (Å²) in [5.41, 5.74) is 4.15. The SMILES string of the molecule is CCn1nc2c(c1C(=O)N(C)Cc1ccc(C#N)cc1)C[C@H](C)O[C@@H]2C. The van der Waals surface area contributed by atoms with Crippen LogP contribution in [0.2, 0.25) is 0 Å². The number of amides is 1.